The van der Waals surface area contributed by atoms with Crippen molar-refractivity contribution in [3.63, 3.8) is 0 Å². The Bertz CT molecular complexity index is 552. The summed E-state index contributed by atoms with van der Waals surface area (Å²) in [6.45, 7) is 0. The van der Waals surface area contributed by atoms with Crippen LogP contribution in [0.15, 0.2) is 54.6 Å². The minimum Gasteiger partial charge on any atom is -0.157 e. The number of thioether (sulfide) groups is 2. The molecule has 122 valence electrons. The SMILES string of the molecule is c1ccc(P2CCCSCc3ccccc3CSCCC2)cc1. The first-order chi connectivity index (χ1) is 11.4. The maximum absolute atomic E-state index is 2.35. The van der Waals surface area contributed by atoms with Crippen LogP contribution in [-0.4, -0.2) is 23.8 Å². The smallest absolute Gasteiger partial charge is 0.0187 e. The molecule has 0 aromatic heterocycles. The highest BCUT2D eigenvalue weighted by Gasteiger charge is 2.11. The van der Waals surface area contributed by atoms with E-state index >= 15 is 0 Å². The molecule has 0 nitrogen and oxygen atoms in total. The molecule has 1 aliphatic rings. The van der Waals surface area contributed by atoms with E-state index < -0.39 is 0 Å². The van der Waals surface area contributed by atoms with E-state index in [2.05, 4.69) is 78.1 Å². The second-order valence-corrected chi connectivity index (χ2v) is 10.6. The molecule has 0 N–H and O–H groups in total. The third-order valence-corrected chi connectivity index (χ3v) is 9.11. The van der Waals surface area contributed by atoms with E-state index in [1.165, 1.54) is 48.2 Å². The predicted octanol–water partition coefficient (Wildman–Crippen LogP) is 5.75. The molecule has 0 bridgehead atoms. The van der Waals surface area contributed by atoms with Crippen LogP contribution in [0.2, 0.25) is 0 Å². The lowest BCUT2D eigenvalue weighted by atomic mass is 10.1. The maximum Gasteiger partial charge on any atom is 0.0187 e. The fourth-order valence-corrected chi connectivity index (χ4v) is 7.76. The van der Waals surface area contributed by atoms with Gasteiger partial charge in [0.1, 0.15) is 0 Å². The zero-order valence-corrected chi connectivity index (χ0v) is 16.1. The zero-order chi connectivity index (χ0) is 15.7. The molecular formula is C20H25PS2. The Morgan fingerprint density at radius 1 is 0.652 bits per heavy atom. The Balaban J connectivity index is 1.63. The highest BCUT2D eigenvalue weighted by molar-refractivity contribution is 7.98. The largest absolute Gasteiger partial charge is 0.157 e. The van der Waals surface area contributed by atoms with Gasteiger partial charge in [-0.2, -0.15) is 23.5 Å². The van der Waals surface area contributed by atoms with E-state index in [0.29, 0.717) is 0 Å². The van der Waals surface area contributed by atoms with Crippen LogP contribution in [0.1, 0.15) is 24.0 Å². The standard InChI is InChI=1S/C20H25PS2/c1-2-10-20(11-3-1)21-12-6-14-22-16-18-8-4-5-9-19(18)17-23-15-7-13-21/h1-5,8-11H,6-7,12-17H2. The van der Waals surface area contributed by atoms with Crippen molar-refractivity contribution in [2.45, 2.75) is 24.3 Å². The molecule has 0 unspecified atom stereocenters. The van der Waals surface area contributed by atoms with Crippen LogP contribution in [0.3, 0.4) is 0 Å². The van der Waals surface area contributed by atoms with E-state index in [1.54, 1.807) is 16.4 Å². The lowest BCUT2D eigenvalue weighted by molar-refractivity contribution is 1.07. The summed E-state index contributed by atoms with van der Waals surface area (Å²) in [5.74, 6) is 4.96. The predicted molar refractivity (Wildman–Crippen MR) is 111 cm³/mol. The van der Waals surface area contributed by atoms with Crippen LogP contribution in [0.5, 0.6) is 0 Å². The molecule has 1 heterocycles. The topological polar surface area (TPSA) is 0 Å². The van der Waals surface area contributed by atoms with Gasteiger partial charge in [-0.05, 0) is 53.1 Å². The monoisotopic (exact) mass is 360 g/mol. The zero-order valence-electron chi connectivity index (χ0n) is 13.6. The molecule has 0 amide bonds. The number of fused-ring (bicyclic) bond motifs is 1. The average Bonchev–Trinajstić information content (AvgIpc) is 2.62. The Hall–Kier alpha value is -0.430. The molecule has 23 heavy (non-hydrogen) atoms. The van der Waals surface area contributed by atoms with Gasteiger partial charge in [0.05, 0.1) is 0 Å². The summed E-state index contributed by atoms with van der Waals surface area (Å²) in [6, 6.07) is 20.3. The van der Waals surface area contributed by atoms with Gasteiger partial charge in [-0.3, -0.25) is 0 Å². The summed E-state index contributed by atoms with van der Waals surface area (Å²) in [5.41, 5.74) is 3.10. The van der Waals surface area contributed by atoms with E-state index in [9.17, 15) is 0 Å². The molecule has 0 saturated heterocycles. The van der Waals surface area contributed by atoms with Gasteiger partial charge in [0.25, 0.3) is 0 Å². The number of hydrogen-bond acceptors (Lipinski definition) is 2. The second kappa shape index (κ2) is 9.77. The van der Waals surface area contributed by atoms with Gasteiger partial charge in [-0.1, -0.05) is 62.5 Å². The maximum atomic E-state index is 2.35. The highest BCUT2D eigenvalue weighted by atomic mass is 32.2. The summed E-state index contributed by atoms with van der Waals surface area (Å²) in [7, 11) is 0.0461. The third kappa shape index (κ3) is 5.55. The molecule has 3 rings (SSSR count). The molecule has 0 fully saturated rings. The Morgan fingerprint density at radius 2 is 1.17 bits per heavy atom. The average molecular weight is 361 g/mol. The molecule has 3 heteroatoms. The molecule has 0 radical (unpaired) electrons. The summed E-state index contributed by atoms with van der Waals surface area (Å²) in [4.78, 5) is 0. The molecule has 0 spiro atoms. The third-order valence-electron chi connectivity index (χ3n) is 4.19. The Kier molecular flexibility index (Phi) is 7.39. The lowest BCUT2D eigenvalue weighted by Crippen LogP contribution is -2.07. The van der Waals surface area contributed by atoms with Crippen molar-refractivity contribution >= 4 is 36.7 Å². The van der Waals surface area contributed by atoms with Crippen molar-refractivity contribution < 1.29 is 0 Å². The fourth-order valence-electron chi connectivity index (χ4n) is 2.93. The van der Waals surface area contributed by atoms with Crippen molar-refractivity contribution in [3.8, 4) is 0 Å². The summed E-state index contributed by atoms with van der Waals surface area (Å²) in [5, 5.41) is 1.61. The van der Waals surface area contributed by atoms with Crippen LogP contribution in [0.4, 0.5) is 0 Å². The number of rotatable bonds is 1. The van der Waals surface area contributed by atoms with Crippen molar-refractivity contribution in [3.05, 3.63) is 65.7 Å². The fraction of sp³-hybridized carbons (Fsp3) is 0.400. The molecule has 0 aliphatic carbocycles. The highest BCUT2D eigenvalue weighted by Crippen LogP contribution is 2.37. The first-order valence-electron chi connectivity index (χ1n) is 8.46. The molecular weight excluding hydrogens is 335 g/mol. The van der Waals surface area contributed by atoms with Crippen LogP contribution in [-0.2, 0) is 11.5 Å². The minimum absolute atomic E-state index is 0.0461. The normalized spacial score (nSPS) is 18.3. The van der Waals surface area contributed by atoms with Crippen molar-refractivity contribution in [1.29, 1.82) is 0 Å². The van der Waals surface area contributed by atoms with Gasteiger partial charge >= 0.3 is 0 Å². The molecule has 2 aromatic carbocycles. The lowest BCUT2D eigenvalue weighted by Gasteiger charge is -2.18. The first kappa shape index (κ1) is 17.4. The van der Waals surface area contributed by atoms with Gasteiger partial charge in [0, 0.05) is 11.5 Å². The Labute approximate surface area is 150 Å². The number of benzene rings is 2. The van der Waals surface area contributed by atoms with E-state index in [0.717, 1.165) is 0 Å². The molecule has 1 aliphatic heterocycles. The van der Waals surface area contributed by atoms with Gasteiger partial charge in [0.2, 0.25) is 0 Å². The van der Waals surface area contributed by atoms with Crippen molar-refractivity contribution in [2.75, 3.05) is 23.8 Å². The van der Waals surface area contributed by atoms with E-state index in [4.69, 9.17) is 0 Å². The van der Waals surface area contributed by atoms with Crippen LogP contribution < -0.4 is 5.30 Å². The van der Waals surface area contributed by atoms with Crippen LogP contribution in [0.25, 0.3) is 0 Å². The first-order valence-corrected chi connectivity index (χ1v) is 12.5. The van der Waals surface area contributed by atoms with Gasteiger partial charge in [-0.15, -0.1) is 0 Å². The van der Waals surface area contributed by atoms with Crippen LogP contribution in [0, 0.1) is 0 Å². The quantitative estimate of drug-likeness (QED) is 0.594. The minimum atomic E-state index is 0.0461. The summed E-state index contributed by atoms with van der Waals surface area (Å²) < 4.78 is 0. The number of hydrogen-bond donors (Lipinski definition) is 0. The summed E-state index contributed by atoms with van der Waals surface area (Å²) in [6.07, 6.45) is 5.53. The van der Waals surface area contributed by atoms with E-state index in [-0.39, 0.29) is 7.92 Å². The van der Waals surface area contributed by atoms with E-state index in [1.807, 2.05) is 0 Å². The second-order valence-electron chi connectivity index (χ2n) is 5.90. The molecule has 0 atom stereocenters. The summed E-state index contributed by atoms with van der Waals surface area (Å²) >= 11 is 4.23. The van der Waals surface area contributed by atoms with Crippen LogP contribution >= 0.6 is 31.4 Å². The van der Waals surface area contributed by atoms with Crippen molar-refractivity contribution in [2.24, 2.45) is 0 Å². The van der Waals surface area contributed by atoms with Gasteiger partial charge in [0.15, 0.2) is 0 Å². The van der Waals surface area contributed by atoms with Gasteiger partial charge in [-0.25, -0.2) is 0 Å². The van der Waals surface area contributed by atoms with Crippen molar-refractivity contribution in [1.82, 2.24) is 0 Å². The molecule has 2 aromatic rings. The van der Waals surface area contributed by atoms with Gasteiger partial charge < -0.3 is 0 Å². The molecule has 0 saturated carbocycles. The Morgan fingerprint density at radius 3 is 1.74 bits per heavy atom.